The summed E-state index contributed by atoms with van der Waals surface area (Å²) in [5, 5.41) is 2.75. The van der Waals surface area contributed by atoms with E-state index in [1.165, 1.54) is 6.07 Å². The van der Waals surface area contributed by atoms with Crippen LogP contribution in [0.2, 0.25) is 0 Å². The number of esters is 1. The molecule has 6 nitrogen and oxygen atoms in total. The summed E-state index contributed by atoms with van der Waals surface area (Å²) in [6, 6.07) is 10.1. The zero-order valence-corrected chi connectivity index (χ0v) is 15.5. The molecule has 1 N–H and O–H groups in total. The van der Waals surface area contributed by atoms with E-state index < -0.39 is 17.6 Å². The Labute approximate surface area is 161 Å². The molecule has 0 saturated carbocycles. The van der Waals surface area contributed by atoms with Gasteiger partial charge in [-0.25, -0.2) is 18.4 Å². The number of nitrogens with zero attached hydrogens (tertiary/aromatic N) is 2. The van der Waals surface area contributed by atoms with Crippen molar-refractivity contribution >= 4 is 23.4 Å². The largest absolute Gasteiger partial charge is 0.462 e. The summed E-state index contributed by atoms with van der Waals surface area (Å²) in [5.41, 5.74) is 1.25. The first-order valence-corrected chi connectivity index (χ1v) is 9.01. The molecule has 2 amide bonds. The van der Waals surface area contributed by atoms with Crippen LogP contribution in [0.4, 0.5) is 25.0 Å². The van der Waals surface area contributed by atoms with Gasteiger partial charge >= 0.3 is 12.0 Å². The Hall–Kier alpha value is -3.16. The first-order chi connectivity index (χ1) is 13.5. The lowest BCUT2D eigenvalue weighted by Crippen LogP contribution is -2.50. The van der Waals surface area contributed by atoms with E-state index in [-0.39, 0.29) is 18.2 Å². The van der Waals surface area contributed by atoms with Gasteiger partial charge < -0.3 is 19.9 Å². The standard InChI is InChI=1S/C20H21F2N3O3/c1-2-28-19(26)15-5-3-4-6-18(15)23-20(27)25-11-9-24(10-12-25)14-7-8-16(21)17(22)13-14/h3-8,13H,2,9-12H2,1H3,(H,23,27). The zero-order valence-electron chi connectivity index (χ0n) is 15.5. The Bertz CT molecular complexity index is 868. The van der Waals surface area contributed by atoms with Gasteiger partial charge in [0, 0.05) is 37.9 Å². The Balaban J connectivity index is 1.61. The smallest absolute Gasteiger partial charge is 0.340 e. The highest BCUT2D eigenvalue weighted by molar-refractivity contribution is 6.00. The molecular weight excluding hydrogens is 368 g/mol. The summed E-state index contributed by atoms with van der Waals surface area (Å²) in [4.78, 5) is 28.1. The molecule has 3 rings (SSSR count). The van der Waals surface area contributed by atoms with Gasteiger partial charge in [-0.1, -0.05) is 12.1 Å². The normalized spacial score (nSPS) is 14.0. The maximum Gasteiger partial charge on any atom is 0.340 e. The van der Waals surface area contributed by atoms with Gasteiger partial charge in [0.05, 0.1) is 17.9 Å². The molecule has 28 heavy (non-hydrogen) atoms. The highest BCUT2D eigenvalue weighted by atomic mass is 19.2. The summed E-state index contributed by atoms with van der Waals surface area (Å²) in [6.45, 7) is 3.74. The minimum atomic E-state index is -0.895. The Morgan fingerprint density at radius 2 is 1.75 bits per heavy atom. The van der Waals surface area contributed by atoms with E-state index in [0.717, 1.165) is 12.1 Å². The van der Waals surface area contributed by atoms with E-state index in [9.17, 15) is 18.4 Å². The van der Waals surface area contributed by atoms with Crippen molar-refractivity contribution < 1.29 is 23.1 Å². The molecule has 0 aromatic heterocycles. The number of hydrogen-bond acceptors (Lipinski definition) is 4. The minimum Gasteiger partial charge on any atom is -0.462 e. The Kier molecular flexibility index (Phi) is 6.08. The Morgan fingerprint density at radius 1 is 1.04 bits per heavy atom. The number of benzene rings is 2. The molecule has 2 aromatic rings. The average Bonchev–Trinajstić information content (AvgIpc) is 2.71. The van der Waals surface area contributed by atoms with Crippen molar-refractivity contribution in [3.8, 4) is 0 Å². The van der Waals surface area contributed by atoms with E-state index in [2.05, 4.69) is 5.32 Å². The van der Waals surface area contributed by atoms with E-state index in [1.54, 1.807) is 36.1 Å². The van der Waals surface area contributed by atoms with Crippen molar-refractivity contribution in [1.29, 1.82) is 0 Å². The van der Waals surface area contributed by atoms with Crippen LogP contribution in [0.1, 0.15) is 17.3 Å². The average molecular weight is 389 g/mol. The number of rotatable bonds is 4. The minimum absolute atomic E-state index is 0.243. The van der Waals surface area contributed by atoms with Crippen molar-refractivity contribution in [1.82, 2.24) is 4.90 Å². The van der Waals surface area contributed by atoms with E-state index in [4.69, 9.17) is 4.74 Å². The molecule has 0 spiro atoms. The predicted molar refractivity (Wildman–Crippen MR) is 102 cm³/mol. The number of halogens is 2. The van der Waals surface area contributed by atoms with Gasteiger partial charge in [-0.2, -0.15) is 0 Å². The quantitative estimate of drug-likeness (QED) is 0.813. The maximum atomic E-state index is 13.4. The number of ether oxygens (including phenoxy) is 1. The third-order valence-corrected chi connectivity index (χ3v) is 4.50. The van der Waals surface area contributed by atoms with Crippen LogP contribution < -0.4 is 10.2 Å². The number of urea groups is 1. The number of carbonyl (C=O) groups is 2. The van der Waals surface area contributed by atoms with Crippen LogP contribution in [-0.2, 0) is 4.74 Å². The summed E-state index contributed by atoms with van der Waals surface area (Å²) in [5.74, 6) is -2.28. The lowest BCUT2D eigenvalue weighted by Gasteiger charge is -2.36. The number of para-hydroxylation sites is 1. The molecule has 1 aliphatic heterocycles. The molecule has 0 atom stereocenters. The van der Waals surface area contributed by atoms with Gasteiger partial charge in [0.1, 0.15) is 0 Å². The van der Waals surface area contributed by atoms with Gasteiger partial charge in [0.15, 0.2) is 11.6 Å². The highest BCUT2D eigenvalue weighted by Crippen LogP contribution is 2.21. The zero-order chi connectivity index (χ0) is 20.1. The van der Waals surface area contributed by atoms with Crippen LogP contribution in [0.5, 0.6) is 0 Å². The number of hydrogen-bond donors (Lipinski definition) is 1. The molecule has 0 aliphatic carbocycles. The van der Waals surface area contributed by atoms with Gasteiger partial charge in [-0.05, 0) is 31.2 Å². The van der Waals surface area contributed by atoms with Gasteiger partial charge in [0.25, 0.3) is 0 Å². The highest BCUT2D eigenvalue weighted by Gasteiger charge is 2.23. The summed E-state index contributed by atoms with van der Waals surface area (Å²) in [6.07, 6.45) is 0. The molecule has 1 saturated heterocycles. The van der Waals surface area contributed by atoms with Crippen molar-refractivity contribution in [3.63, 3.8) is 0 Å². The lowest BCUT2D eigenvalue weighted by molar-refractivity contribution is 0.0527. The first-order valence-electron chi connectivity index (χ1n) is 9.01. The number of carbonyl (C=O) groups excluding carboxylic acids is 2. The second kappa shape index (κ2) is 8.69. The molecule has 0 bridgehead atoms. The molecule has 1 heterocycles. The third kappa shape index (κ3) is 4.39. The fourth-order valence-corrected chi connectivity index (χ4v) is 3.02. The molecule has 8 heteroatoms. The van der Waals surface area contributed by atoms with Crippen LogP contribution in [0, 0.1) is 11.6 Å². The molecule has 2 aromatic carbocycles. The van der Waals surface area contributed by atoms with Gasteiger partial charge in [0.2, 0.25) is 0 Å². The first kappa shape index (κ1) is 19.6. The second-order valence-corrected chi connectivity index (χ2v) is 6.27. The number of nitrogens with one attached hydrogen (secondary N) is 1. The number of anilines is 2. The predicted octanol–water partition coefficient (Wildman–Crippen LogP) is 3.50. The lowest BCUT2D eigenvalue weighted by atomic mass is 10.2. The third-order valence-electron chi connectivity index (χ3n) is 4.50. The SMILES string of the molecule is CCOC(=O)c1ccccc1NC(=O)N1CCN(c2ccc(F)c(F)c2)CC1. The fourth-order valence-electron chi connectivity index (χ4n) is 3.02. The van der Waals surface area contributed by atoms with E-state index in [1.807, 2.05) is 4.90 Å². The monoisotopic (exact) mass is 389 g/mol. The number of piperazine rings is 1. The van der Waals surface area contributed by atoms with Crippen molar-refractivity contribution in [3.05, 3.63) is 59.7 Å². The maximum absolute atomic E-state index is 13.4. The van der Waals surface area contributed by atoms with Crippen LogP contribution in [0.25, 0.3) is 0 Å². The van der Waals surface area contributed by atoms with Crippen LogP contribution >= 0.6 is 0 Å². The fraction of sp³-hybridized carbons (Fsp3) is 0.300. The molecule has 0 unspecified atom stereocenters. The van der Waals surface area contributed by atoms with Crippen molar-refractivity contribution in [2.45, 2.75) is 6.92 Å². The summed E-state index contributed by atoms with van der Waals surface area (Å²) >= 11 is 0. The van der Waals surface area contributed by atoms with Crippen molar-refractivity contribution in [2.24, 2.45) is 0 Å². The van der Waals surface area contributed by atoms with E-state index in [0.29, 0.717) is 37.6 Å². The molecular formula is C20H21F2N3O3. The summed E-state index contributed by atoms with van der Waals surface area (Å²) in [7, 11) is 0. The van der Waals surface area contributed by atoms with E-state index >= 15 is 0 Å². The second-order valence-electron chi connectivity index (χ2n) is 6.27. The van der Waals surface area contributed by atoms with Crippen LogP contribution in [0.15, 0.2) is 42.5 Å². The van der Waals surface area contributed by atoms with Gasteiger partial charge in [-0.3, -0.25) is 0 Å². The Morgan fingerprint density at radius 3 is 2.43 bits per heavy atom. The summed E-state index contributed by atoms with van der Waals surface area (Å²) < 4.78 is 31.5. The molecule has 0 radical (unpaired) electrons. The topological polar surface area (TPSA) is 61.9 Å². The van der Waals surface area contributed by atoms with Crippen LogP contribution in [-0.4, -0.2) is 49.7 Å². The van der Waals surface area contributed by atoms with Gasteiger partial charge in [-0.15, -0.1) is 0 Å². The molecule has 1 aliphatic rings. The number of amides is 2. The molecule has 1 fully saturated rings. The van der Waals surface area contributed by atoms with Crippen LogP contribution in [0.3, 0.4) is 0 Å². The molecule has 148 valence electrons. The van der Waals surface area contributed by atoms with Crippen molar-refractivity contribution in [2.75, 3.05) is 43.0 Å².